The molecule has 88 valence electrons. The van der Waals surface area contributed by atoms with Gasteiger partial charge >= 0.3 is 5.97 Å². The maximum atomic E-state index is 11.9. The van der Waals surface area contributed by atoms with Crippen LogP contribution in [0.1, 0.15) is 16.1 Å². The lowest BCUT2D eigenvalue weighted by Crippen LogP contribution is -2.12. The van der Waals surface area contributed by atoms with Crippen LogP contribution in [0.15, 0.2) is 27.5 Å². The summed E-state index contributed by atoms with van der Waals surface area (Å²) in [6, 6.07) is 4.88. The van der Waals surface area contributed by atoms with Crippen molar-refractivity contribution in [2.45, 2.75) is 6.92 Å². The molecule has 0 aliphatic rings. The number of nitrogens with one attached hydrogen (secondary N) is 1. The molecule has 0 spiro atoms. The van der Waals surface area contributed by atoms with Crippen molar-refractivity contribution in [2.75, 3.05) is 7.11 Å². The summed E-state index contributed by atoms with van der Waals surface area (Å²) in [5.74, 6) is -0.554. The summed E-state index contributed by atoms with van der Waals surface area (Å²) in [4.78, 5) is 26.2. The van der Waals surface area contributed by atoms with Crippen LogP contribution in [-0.4, -0.2) is 18.1 Å². The Morgan fingerprint density at radius 2 is 2.06 bits per heavy atom. The number of benzene rings is 1. The van der Waals surface area contributed by atoms with Gasteiger partial charge in [0.05, 0.1) is 12.6 Å². The standard InChI is InChI=1S/C12H10BrNO3/c1-6-3-7(13)4-8-11(6)10(15)5-9(14-8)12(16)17-2/h3-5H,1-2H3,(H,14,15). The number of aromatic amines is 1. The van der Waals surface area contributed by atoms with Crippen molar-refractivity contribution in [1.29, 1.82) is 0 Å². The second-order valence-corrected chi connectivity index (χ2v) is 4.60. The maximum Gasteiger partial charge on any atom is 0.354 e. The summed E-state index contributed by atoms with van der Waals surface area (Å²) < 4.78 is 5.43. The summed E-state index contributed by atoms with van der Waals surface area (Å²) in [5.41, 5.74) is 1.43. The number of aromatic nitrogens is 1. The van der Waals surface area contributed by atoms with Gasteiger partial charge in [0.1, 0.15) is 5.69 Å². The number of H-pyrrole nitrogens is 1. The lowest BCUT2D eigenvalue weighted by molar-refractivity contribution is 0.0594. The predicted octanol–water partition coefficient (Wildman–Crippen LogP) is 2.39. The highest BCUT2D eigenvalue weighted by Crippen LogP contribution is 2.20. The highest BCUT2D eigenvalue weighted by Gasteiger charge is 2.11. The number of carbonyl (C=O) groups excluding carboxylic acids is 1. The van der Waals surface area contributed by atoms with Gasteiger partial charge in [0, 0.05) is 15.9 Å². The molecule has 0 unspecified atom stereocenters. The van der Waals surface area contributed by atoms with Gasteiger partial charge in [-0.15, -0.1) is 0 Å². The lowest BCUT2D eigenvalue weighted by Gasteiger charge is -2.05. The average molecular weight is 296 g/mol. The largest absolute Gasteiger partial charge is 0.464 e. The third kappa shape index (κ3) is 2.10. The van der Waals surface area contributed by atoms with Crippen LogP contribution in [0.3, 0.4) is 0 Å². The van der Waals surface area contributed by atoms with Crippen LogP contribution >= 0.6 is 15.9 Å². The van der Waals surface area contributed by atoms with Crippen LogP contribution in [0.5, 0.6) is 0 Å². The highest BCUT2D eigenvalue weighted by atomic mass is 79.9. The number of halogens is 1. The molecular formula is C12H10BrNO3. The molecule has 17 heavy (non-hydrogen) atoms. The summed E-state index contributed by atoms with van der Waals surface area (Å²) >= 11 is 3.35. The number of fused-ring (bicyclic) bond motifs is 1. The first-order valence-corrected chi connectivity index (χ1v) is 5.73. The van der Waals surface area contributed by atoms with Gasteiger partial charge in [0.25, 0.3) is 0 Å². The third-order valence-electron chi connectivity index (χ3n) is 2.50. The zero-order valence-electron chi connectivity index (χ0n) is 9.33. The average Bonchev–Trinajstić information content (AvgIpc) is 2.26. The van der Waals surface area contributed by atoms with E-state index in [0.717, 1.165) is 10.0 Å². The minimum absolute atomic E-state index is 0.155. The number of hydrogen-bond acceptors (Lipinski definition) is 3. The SMILES string of the molecule is COC(=O)c1cc(=O)c2c(C)cc(Br)cc2[nH]1. The third-order valence-corrected chi connectivity index (χ3v) is 2.95. The van der Waals surface area contributed by atoms with Crippen LogP contribution in [0, 0.1) is 6.92 Å². The molecule has 2 rings (SSSR count). The molecule has 5 heteroatoms. The Morgan fingerprint density at radius 1 is 1.35 bits per heavy atom. The Kier molecular flexibility index (Phi) is 3.02. The Hall–Kier alpha value is -1.62. The normalized spacial score (nSPS) is 10.5. The monoisotopic (exact) mass is 295 g/mol. The molecule has 0 saturated heterocycles. The van der Waals surface area contributed by atoms with E-state index < -0.39 is 5.97 Å². The minimum atomic E-state index is -0.554. The topological polar surface area (TPSA) is 59.2 Å². The molecule has 1 N–H and O–H groups in total. The van der Waals surface area contributed by atoms with Crippen LogP contribution in [0.2, 0.25) is 0 Å². The summed E-state index contributed by atoms with van der Waals surface area (Å²) in [6.45, 7) is 1.85. The number of carbonyl (C=O) groups is 1. The van der Waals surface area contributed by atoms with Crippen molar-refractivity contribution in [2.24, 2.45) is 0 Å². The molecule has 0 aliphatic heterocycles. The quantitative estimate of drug-likeness (QED) is 0.822. The van der Waals surface area contributed by atoms with E-state index in [9.17, 15) is 9.59 Å². The van der Waals surface area contributed by atoms with Gasteiger partial charge in [0.2, 0.25) is 0 Å². The number of aryl methyl sites for hydroxylation is 1. The first kappa shape index (κ1) is 11.9. The van der Waals surface area contributed by atoms with Gasteiger partial charge in [-0.1, -0.05) is 15.9 Å². The fraction of sp³-hybridized carbons (Fsp3) is 0.167. The number of rotatable bonds is 1. The van der Waals surface area contributed by atoms with Crippen molar-refractivity contribution in [3.63, 3.8) is 0 Å². The molecule has 0 aliphatic carbocycles. The molecular weight excluding hydrogens is 286 g/mol. The molecule has 0 fully saturated rings. The summed E-state index contributed by atoms with van der Waals surface area (Å²) in [6.07, 6.45) is 0. The Morgan fingerprint density at radius 3 is 2.71 bits per heavy atom. The van der Waals surface area contributed by atoms with Crippen LogP contribution in [-0.2, 0) is 4.74 Å². The second kappa shape index (κ2) is 4.33. The molecule has 0 atom stereocenters. The Labute approximate surface area is 106 Å². The molecule has 1 heterocycles. The summed E-state index contributed by atoms with van der Waals surface area (Å²) in [5, 5.41) is 0.584. The van der Waals surface area contributed by atoms with Crippen molar-refractivity contribution >= 4 is 32.8 Å². The van der Waals surface area contributed by atoms with E-state index in [1.165, 1.54) is 13.2 Å². The highest BCUT2D eigenvalue weighted by molar-refractivity contribution is 9.10. The van der Waals surface area contributed by atoms with E-state index in [1.807, 2.05) is 13.0 Å². The van der Waals surface area contributed by atoms with Gasteiger partial charge in [-0.3, -0.25) is 4.79 Å². The molecule has 0 saturated carbocycles. The lowest BCUT2D eigenvalue weighted by atomic mass is 10.1. The molecule has 1 aromatic heterocycles. The van der Waals surface area contributed by atoms with Gasteiger partial charge in [0.15, 0.2) is 5.43 Å². The second-order valence-electron chi connectivity index (χ2n) is 3.68. The molecule has 1 aromatic carbocycles. The smallest absolute Gasteiger partial charge is 0.354 e. The first-order valence-electron chi connectivity index (χ1n) is 4.94. The first-order chi connectivity index (χ1) is 8.02. The number of pyridine rings is 1. The fourth-order valence-electron chi connectivity index (χ4n) is 1.77. The van der Waals surface area contributed by atoms with Crippen molar-refractivity contribution in [1.82, 2.24) is 4.98 Å². The zero-order valence-corrected chi connectivity index (χ0v) is 10.9. The molecule has 0 radical (unpaired) electrons. The predicted molar refractivity (Wildman–Crippen MR) is 68.3 cm³/mol. The van der Waals surface area contributed by atoms with Gasteiger partial charge < -0.3 is 9.72 Å². The molecule has 0 bridgehead atoms. The minimum Gasteiger partial charge on any atom is -0.464 e. The van der Waals surface area contributed by atoms with E-state index >= 15 is 0 Å². The number of hydrogen-bond donors (Lipinski definition) is 1. The van der Waals surface area contributed by atoms with E-state index in [-0.39, 0.29) is 11.1 Å². The van der Waals surface area contributed by atoms with Crippen molar-refractivity contribution in [3.8, 4) is 0 Å². The van der Waals surface area contributed by atoms with Gasteiger partial charge in [-0.2, -0.15) is 0 Å². The Balaban J connectivity index is 2.82. The maximum absolute atomic E-state index is 11.9. The van der Waals surface area contributed by atoms with E-state index in [2.05, 4.69) is 25.7 Å². The number of methoxy groups -OCH3 is 1. The fourth-order valence-corrected chi connectivity index (χ4v) is 2.35. The van der Waals surface area contributed by atoms with Gasteiger partial charge in [-0.25, -0.2) is 4.79 Å². The summed E-state index contributed by atoms with van der Waals surface area (Å²) in [7, 11) is 1.27. The van der Waals surface area contributed by atoms with Crippen molar-refractivity contribution in [3.05, 3.63) is 44.2 Å². The van der Waals surface area contributed by atoms with Crippen LogP contribution < -0.4 is 5.43 Å². The number of esters is 1. The van der Waals surface area contributed by atoms with E-state index in [0.29, 0.717) is 10.9 Å². The molecule has 4 nitrogen and oxygen atoms in total. The van der Waals surface area contributed by atoms with Crippen LogP contribution in [0.25, 0.3) is 10.9 Å². The van der Waals surface area contributed by atoms with E-state index in [1.54, 1.807) is 6.07 Å². The molecule has 0 amide bonds. The van der Waals surface area contributed by atoms with E-state index in [4.69, 9.17) is 0 Å². The Bertz CT molecular complexity index is 661. The number of ether oxygens (including phenoxy) is 1. The van der Waals surface area contributed by atoms with Gasteiger partial charge in [-0.05, 0) is 24.6 Å². The molecule has 2 aromatic rings. The van der Waals surface area contributed by atoms with Crippen LogP contribution in [0.4, 0.5) is 0 Å². The zero-order chi connectivity index (χ0) is 12.6. The van der Waals surface area contributed by atoms with Crippen molar-refractivity contribution < 1.29 is 9.53 Å².